The van der Waals surface area contributed by atoms with Crippen LogP contribution in [0.2, 0.25) is 0 Å². The molecule has 0 saturated heterocycles. The number of hydrogen-bond donors (Lipinski definition) is 1. The van der Waals surface area contributed by atoms with Gasteiger partial charge < -0.3 is 4.98 Å². The topological polar surface area (TPSA) is 69.5 Å². The first-order valence-corrected chi connectivity index (χ1v) is 4.26. The largest absolute Gasteiger partial charge is 0.345 e. The third kappa shape index (κ3) is 1.59. The Kier molecular flexibility index (Phi) is 1.85. The fraction of sp³-hybridized carbons (Fsp3) is 0.444. The summed E-state index contributed by atoms with van der Waals surface area (Å²) in [6.45, 7) is 0. The second-order valence-corrected chi connectivity index (χ2v) is 3.24. The van der Waals surface area contributed by atoms with Crippen molar-refractivity contribution >= 4 is 0 Å². The molecule has 0 aromatic carbocycles. The highest BCUT2D eigenvalue weighted by molar-refractivity contribution is 5.26. The summed E-state index contributed by atoms with van der Waals surface area (Å²) >= 11 is 0. The van der Waals surface area contributed by atoms with Gasteiger partial charge in [-0.25, -0.2) is 9.78 Å². The van der Waals surface area contributed by atoms with E-state index >= 15 is 0 Å². The van der Waals surface area contributed by atoms with Crippen LogP contribution in [0, 0.1) is 11.3 Å². The lowest BCUT2D eigenvalue weighted by Crippen LogP contribution is -2.14. The van der Waals surface area contributed by atoms with Crippen molar-refractivity contribution in [1.29, 1.82) is 5.26 Å². The van der Waals surface area contributed by atoms with Gasteiger partial charge in [-0.05, 0) is 18.8 Å². The van der Waals surface area contributed by atoms with Gasteiger partial charge in [0, 0.05) is 17.5 Å². The van der Waals surface area contributed by atoms with Crippen molar-refractivity contribution in [3.63, 3.8) is 0 Å². The molecule has 0 radical (unpaired) electrons. The summed E-state index contributed by atoms with van der Waals surface area (Å²) in [5.74, 6) is 0.457. The lowest BCUT2D eigenvalue weighted by Gasteiger charge is -2.02. The molecule has 1 N–H and O–H groups in total. The SMILES string of the molecule is N#CCc1cnc(=O)[nH]c1C1CC1. The molecule has 1 aromatic heterocycles. The zero-order valence-electron chi connectivity index (χ0n) is 7.08. The minimum absolute atomic E-state index is 0.316. The van der Waals surface area contributed by atoms with Gasteiger partial charge in [0.1, 0.15) is 0 Å². The second-order valence-electron chi connectivity index (χ2n) is 3.24. The molecule has 4 heteroatoms. The molecule has 1 saturated carbocycles. The summed E-state index contributed by atoms with van der Waals surface area (Å²) in [4.78, 5) is 17.2. The van der Waals surface area contributed by atoms with Crippen molar-refractivity contribution in [2.75, 3.05) is 0 Å². The van der Waals surface area contributed by atoms with E-state index < -0.39 is 0 Å². The molecule has 66 valence electrons. The van der Waals surface area contributed by atoms with Gasteiger partial charge in [0.25, 0.3) is 0 Å². The molecule has 0 amide bonds. The van der Waals surface area contributed by atoms with Crippen LogP contribution in [-0.4, -0.2) is 9.97 Å². The van der Waals surface area contributed by atoms with E-state index in [4.69, 9.17) is 5.26 Å². The minimum Gasteiger partial charge on any atom is -0.309 e. The molecule has 0 unspecified atom stereocenters. The van der Waals surface area contributed by atoms with E-state index in [0.29, 0.717) is 12.3 Å². The van der Waals surface area contributed by atoms with Crippen LogP contribution >= 0.6 is 0 Å². The molecular formula is C9H9N3O. The van der Waals surface area contributed by atoms with E-state index in [0.717, 1.165) is 24.1 Å². The smallest absolute Gasteiger partial charge is 0.309 e. The fourth-order valence-corrected chi connectivity index (χ4v) is 1.40. The molecule has 13 heavy (non-hydrogen) atoms. The van der Waals surface area contributed by atoms with Crippen LogP contribution in [0.5, 0.6) is 0 Å². The van der Waals surface area contributed by atoms with Crippen molar-refractivity contribution in [2.24, 2.45) is 0 Å². The highest BCUT2D eigenvalue weighted by Gasteiger charge is 2.26. The first-order chi connectivity index (χ1) is 6.31. The second kappa shape index (κ2) is 3.02. The van der Waals surface area contributed by atoms with Gasteiger partial charge in [0.05, 0.1) is 12.5 Å². The van der Waals surface area contributed by atoms with Crippen molar-refractivity contribution in [3.05, 3.63) is 27.9 Å². The molecule has 2 rings (SSSR count). The van der Waals surface area contributed by atoms with Crippen LogP contribution in [-0.2, 0) is 6.42 Å². The van der Waals surface area contributed by atoms with E-state index in [1.807, 2.05) is 0 Å². The molecule has 1 fully saturated rings. The average molecular weight is 175 g/mol. The summed E-state index contributed by atoms with van der Waals surface area (Å²) in [6.07, 6.45) is 4.06. The maximum Gasteiger partial charge on any atom is 0.345 e. The Hall–Kier alpha value is -1.63. The zero-order chi connectivity index (χ0) is 9.26. The average Bonchev–Trinajstić information content (AvgIpc) is 2.91. The van der Waals surface area contributed by atoms with Gasteiger partial charge >= 0.3 is 5.69 Å². The number of nitrogens with one attached hydrogen (secondary N) is 1. The Balaban J connectivity index is 2.43. The maximum absolute atomic E-state index is 10.9. The van der Waals surface area contributed by atoms with Gasteiger partial charge in [-0.1, -0.05) is 0 Å². The lowest BCUT2D eigenvalue weighted by molar-refractivity contribution is 0.908. The molecular weight excluding hydrogens is 166 g/mol. The minimum atomic E-state index is -0.316. The standard InChI is InChI=1S/C9H9N3O/c10-4-3-7-5-11-9(13)12-8(7)6-1-2-6/h5-6H,1-3H2,(H,11,12,13). The molecule has 1 aliphatic rings. The molecule has 0 aliphatic heterocycles. The van der Waals surface area contributed by atoms with Gasteiger partial charge in [0.15, 0.2) is 0 Å². The Morgan fingerprint density at radius 1 is 1.69 bits per heavy atom. The normalized spacial score (nSPS) is 15.3. The van der Waals surface area contributed by atoms with Crippen LogP contribution in [0.25, 0.3) is 0 Å². The van der Waals surface area contributed by atoms with E-state index in [-0.39, 0.29) is 5.69 Å². The Bertz CT molecular complexity index is 412. The Morgan fingerprint density at radius 3 is 3.08 bits per heavy atom. The highest BCUT2D eigenvalue weighted by Crippen LogP contribution is 2.39. The van der Waals surface area contributed by atoms with Crippen LogP contribution in [0.4, 0.5) is 0 Å². The van der Waals surface area contributed by atoms with E-state index in [1.165, 1.54) is 6.20 Å². The van der Waals surface area contributed by atoms with Crippen molar-refractivity contribution in [2.45, 2.75) is 25.2 Å². The van der Waals surface area contributed by atoms with Gasteiger partial charge in [-0.2, -0.15) is 5.26 Å². The van der Waals surface area contributed by atoms with E-state index in [9.17, 15) is 4.79 Å². The molecule has 1 aliphatic carbocycles. The first kappa shape index (κ1) is 7.99. The third-order valence-electron chi connectivity index (χ3n) is 2.18. The maximum atomic E-state index is 10.9. The number of nitrogens with zero attached hydrogens (tertiary/aromatic N) is 2. The monoisotopic (exact) mass is 175 g/mol. The number of aromatic amines is 1. The summed E-state index contributed by atoms with van der Waals surface area (Å²) in [5.41, 5.74) is 1.47. The Morgan fingerprint density at radius 2 is 2.46 bits per heavy atom. The number of aromatic nitrogens is 2. The molecule has 4 nitrogen and oxygen atoms in total. The fourth-order valence-electron chi connectivity index (χ4n) is 1.40. The molecule has 0 spiro atoms. The summed E-state index contributed by atoms with van der Waals surface area (Å²) in [7, 11) is 0. The van der Waals surface area contributed by atoms with Gasteiger partial charge in [0.2, 0.25) is 0 Å². The lowest BCUT2D eigenvalue weighted by atomic mass is 10.1. The summed E-state index contributed by atoms with van der Waals surface area (Å²) in [5, 5.41) is 8.55. The third-order valence-corrected chi connectivity index (χ3v) is 2.18. The van der Waals surface area contributed by atoms with E-state index in [2.05, 4.69) is 16.0 Å². The van der Waals surface area contributed by atoms with Crippen LogP contribution in [0.3, 0.4) is 0 Å². The van der Waals surface area contributed by atoms with Crippen molar-refractivity contribution in [1.82, 2.24) is 9.97 Å². The molecule has 0 bridgehead atoms. The van der Waals surface area contributed by atoms with Crippen LogP contribution in [0.15, 0.2) is 11.0 Å². The number of nitriles is 1. The van der Waals surface area contributed by atoms with Crippen molar-refractivity contribution < 1.29 is 0 Å². The van der Waals surface area contributed by atoms with Crippen LogP contribution < -0.4 is 5.69 Å². The zero-order valence-corrected chi connectivity index (χ0v) is 7.08. The summed E-state index contributed by atoms with van der Waals surface area (Å²) < 4.78 is 0. The molecule has 1 aromatic rings. The van der Waals surface area contributed by atoms with Crippen LogP contribution in [0.1, 0.15) is 30.0 Å². The van der Waals surface area contributed by atoms with Gasteiger partial charge in [-0.15, -0.1) is 0 Å². The number of hydrogen-bond acceptors (Lipinski definition) is 3. The highest BCUT2D eigenvalue weighted by atomic mass is 16.1. The van der Waals surface area contributed by atoms with Crippen molar-refractivity contribution in [3.8, 4) is 6.07 Å². The predicted octanol–water partition coefficient (Wildman–Crippen LogP) is 0.713. The molecule has 0 atom stereocenters. The molecule has 1 heterocycles. The van der Waals surface area contributed by atoms with E-state index in [1.54, 1.807) is 0 Å². The summed E-state index contributed by atoms with van der Waals surface area (Å²) in [6, 6.07) is 2.06. The Labute approximate surface area is 75.2 Å². The number of H-pyrrole nitrogens is 1. The quantitative estimate of drug-likeness (QED) is 0.719. The first-order valence-electron chi connectivity index (χ1n) is 4.26. The van der Waals surface area contributed by atoms with Gasteiger partial charge in [-0.3, -0.25) is 0 Å². The predicted molar refractivity (Wildman–Crippen MR) is 46.1 cm³/mol. The number of rotatable bonds is 2.